The average molecular weight is 181 g/mol. The molecule has 2 unspecified atom stereocenters. The van der Waals surface area contributed by atoms with Crippen molar-refractivity contribution in [1.82, 2.24) is 15.3 Å². The summed E-state index contributed by atoms with van der Waals surface area (Å²) in [5.41, 5.74) is 0. The molecule has 0 amide bonds. The summed E-state index contributed by atoms with van der Waals surface area (Å²) in [6.07, 6.45) is 4.85. The number of nitrogens with zero attached hydrogens (tertiary/aromatic N) is 1. The van der Waals surface area contributed by atoms with Crippen LogP contribution < -0.4 is 5.32 Å². The van der Waals surface area contributed by atoms with Gasteiger partial charge in [0.15, 0.2) is 0 Å². The molecule has 0 aliphatic rings. The quantitative estimate of drug-likeness (QED) is 0.730. The monoisotopic (exact) mass is 181 g/mol. The molecule has 0 aromatic carbocycles. The maximum Gasteiger partial charge on any atom is 0.123 e. The van der Waals surface area contributed by atoms with Crippen molar-refractivity contribution in [2.75, 3.05) is 6.54 Å². The van der Waals surface area contributed by atoms with Crippen LogP contribution in [-0.4, -0.2) is 16.5 Å². The van der Waals surface area contributed by atoms with Gasteiger partial charge in [-0.05, 0) is 12.5 Å². The molecule has 1 rings (SSSR count). The molecule has 13 heavy (non-hydrogen) atoms. The van der Waals surface area contributed by atoms with Crippen LogP contribution >= 0.6 is 0 Å². The maximum atomic E-state index is 4.29. The highest BCUT2D eigenvalue weighted by Gasteiger charge is 2.18. The minimum absolute atomic E-state index is 0.366. The van der Waals surface area contributed by atoms with Gasteiger partial charge in [0, 0.05) is 12.4 Å². The topological polar surface area (TPSA) is 40.7 Å². The molecule has 0 fully saturated rings. The minimum atomic E-state index is 0.366. The van der Waals surface area contributed by atoms with Gasteiger partial charge in [-0.3, -0.25) is 0 Å². The van der Waals surface area contributed by atoms with E-state index in [1.54, 1.807) is 0 Å². The zero-order valence-electron chi connectivity index (χ0n) is 8.67. The van der Waals surface area contributed by atoms with Crippen LogP contribution in [0.1, 0.15) is 39.1 Å². The summed E-state index contributed by atoms with van der Waals surface area (Å²) in [6.45, 7) is 7.56. The molecule has 0 spiro atoms. The molecule has 74 valence electrons. The summed E-state index contributed by atoms with van der Waals surface area (Å²) >= 11 is 0. The number of rotatable bonds is 5. The lowest BCUT2D eigenvalue weighted by Gasteiger charge is -2.21. The minimum Gasteiger partial charge on any atom is -0.347 e. The van der Waals surface area contributed by atoms with Gasteiger partial charge in [0.2, 0.25) is 0 Å². The summed E-state index contributed by atoms with van der Waals surface area (Å²) in [5.74, 6) is 1.67. The lowest BCUT2D eigenvalue weighted by molar-refractivity contribution is 0.370. The number of aromatic amines is 1. The van der Waals surface area contributed by atoms with Crippen molar-refractivity contribution in [3.05, 3.63) is 18.2 Å². The lowest BCUT2D eigenvalue weighted by atomic mass is 9.98. The van der Waals surface area contributed by atoms with Gasteiger partial charge < -0.3 is 10.3 Å². The van der Waals surface area contributed by atoms with Crippen LogP contribution in [0.5, 0.6) is 0 Å². The van der Waals surface area contributed by atoms with Crippen molar-refractivity contribution in [2.24, 2.45) is 5.92 Å². The SMILES string of the molecule is CCNC(c1ncc[nH]1)C(C)CC. The summed E-state index contributed by atoms with van der Waals surface area (Å²) in [5, 5.41) is 3.44. The largest absolute Gasteiger partial charge is 0.347 e. The van der Waals surface area contributed by atoms with E-state index >= 15 is 0 Å². The second kappa shape index (κ2) is 5.02. The molecule has 1 heterocycles. The van der Waals surface area contributed by atoms with Gasteiger partial charge in [0.05, 0.1) is 6.04 Å². The van der Waals surface area contributed by atoms with Crippen LogP contribution in [0.2, 0.25) is 0 Å². The normalized spacial score (nSPS) is 15.6. The molecule has 0 saturated heterocycles. The molecule has 1 aromatic rings. The number of hydrogen-bond acceptors (Lipinski definition) is 2. The molecule has 2 N–H and O–H groups in total. The van der Waals surface area contributed by atoms with Crippen molar-refractivity contribution in [2.45, 2.75) is 33.2 Å². The van der Waals surface area contributed by atoms with Gasteiger partial charge >= 0.3 is 0 Å². The van der Waals surface area contributed by atoms with Crippen LogP contribution in [0.15, 0.2) is 12.4 Å². The second-order valence-electron chi connectivity index (χ2n) is 3.40. The number of aromatic nitrogens is 2. The Morgan fingerprint density at radius 2 is 2.31 bits per heavy atom. The molecule has 0 radical (unpaired) electrons. The van der Waals surface area contributed by atoms with E-state index in [1.807, 2.05) is 12.4 Å². The van der Waals surface area contributed by atoms with Crippen LogP contribution in [0.25, 0.3) is 0 Å². The van der Waals surface area contributed by atoms with Gasteiger partial charge in [0.1, 0.15) is 5.82 Å². The number of nitrogens with one attached hydrogen (secondary N) is 2. The van der Waals surface area contributed by atoms with Crippen LogP contribution in [0, 0.1) is 5.92 Å². The van der Waals surface area contributed by atoms with E-state index < -0.39 is 0 Å². The third kappa shape index (κ3) is 2.56. The van der Waals surface area contributed by atoms with E-state index in [0.29, 0.717) is 12.0 Å². The van der Waals surface area contributed by atoms with Crippen LogP contribution in [0.3, 0.4) is 0 Å². The smallest absolute Gasteiger partial charge is 0.123 e. The fourth-order valence-corrected chi connectivity index (χ4v) is 1.47. The van der Waals surface area contributed by atoms with Crippen molar-refractivity contribution >= 4 is 0 Å². The first-order valence-corrected chi connectivity index (χ1v) is 5.02. The van der Waals surface area contributed by atoms with Gasteiger partial charge in [-0.2, -0.15) is 0 Å². The predicted molar refractivity (Wildman–Crippen MR) is 54.5 cm³/mol. The molecule has 0 bridgehead atoms. The number of H-pyrrole nitrogens is 1. The number of hydrogen-bond donors (Lipinski definition) is 2. The zero-order chi connectivity index (χ0) is 9.68. The molecule has 0 aliphatic carbocycles. The van der Waals surface area contributed by atoms with Gasteiger partial charge in [-0.25, -0.2) is 4.98 Å². The first-order chi connectivity index (χ1) is 6.29. The Kier molecular flexibility index (Phi) is 3.96. The zero-order valence-corrected chi connectivity index (χ0v) is 8.67. The Balaban J connectivity index is 2.68. The summed E-state index contributed by atoms with van der Waals surface area (Å²) in [6, 6.07) is 0.366. The fourth-order valence-electron chi connectivity index (χ4n) is 1.47. The standard InChI is InChI=1S/C10H19N3/c1-4-8(3)9(11-5-2)10-12-6-7-13-10/h6-9,11H,4-5H2,1-3H3,(H,12,13). The molecule has 1 aromatic heterocycles. The molecular weight excluding hydrogens is 162 g/mol. The van der Waals surface area contributed by atoms with E-state index in [1.165, 1.54) is 6.42 Å². The van der Waals surface area contributed by atoms with E-state index in [4.69, 9.17) is 0 Å². The predicted octanol–water partition coefficient (Wildman–Crippen LogP) is 2.11. The van der Waals surface area contributed by atoms with Crippen molar-refractivity contribution in [3.8, 4) is 0 Å². The highest BCUT2D eigenvalue weighted by molar-refractivity contribution is 4.97. The van der Waals surface area contributed by atoms with Crippen molar-refractivity contribution in [1.29, 1.82) is 0 Å². The van der Waals surface area contributed by atoms with E-state index in [-0.39, 0.29) is 0 Å². The average Bonchev–Trinajstić information content (AvgIpc) is 2.65. The van der Waals surface area contributed by atoms with E-state index in [0.717, 1.165) is 12.4 Å². The first kappa shape index (κ1) is 10.3. The highest BCUT2D eigenvalue weighted by atomic mass is 15.0. The Bertz CT molecular complexity index is 218. The maximum absolute atomic E-state index is 4.29. The Morgan fingerprint density at radius 1 is 1.54 bits per heavy atom. The lowest BCUT2D eigenvalue weighted by Crippen LogP contribution is -2.27. The highest BCUT2D eigenvalue weighted by Crippen LogP contribution is 2.20. The van der Waals surface area contributed by atoms with Crippen molar-refractivity contribution < 1.29 is 0 Å². The van der Waals surface area contributed by atoms with Crippen LogP contribution in [-0.2, 0) is 0 Å². The Morgan fingerprint density at radius 3 is 2.77 bits per heavy atom. The van der Waals surface area contributed by atoms with Crippen molar-refractivity contribution in [3.63, 3.8) is 0 Å². The summed E-state index contributed by atoms with van der Waals surface area (Å²) in [4.78, 5) is 7.45. The van der Waals surface area contributed by atoms with E-state index in [9.17, 15) is 0 Å². The van der Waals surface area contributed by atoms with Gasteiger partial charge in [-0.15, -0.1) is 0 Å². The third-order valence-corrected chi connectivity index (χ3v) is 2.45. The molecule has 3 heteroatoms. The van der Waals surface area contributed by atoms with Gasteiger partial charge in [-0.1, -0.05) is 27.2 Å². The first-order valence-electron chi connectivity index (χ1n) is 5.02. The number of imidazole rings is 1. The molecular formula is C10H19N3. The van der Waals surface area contributed by atoms with Crippen LogP contribution in [0.4, 0.5) is 0 Å². The third-order valence-electron chi connectivity index (χ3n) is 2.45. The summed E-state index contributed by atoms with van der Waals surface area (Å²) < 4.78 is 0. The molecule has 2 atom stereocenters. The molecule has 0 aliphatic heterocycles. The second-order valence-corrected chi connectivity index (χ2v) is 3.40. The van der Waals surface area contributed by atoms with Gasteiger partial charge in [0.25, 0.3) is 0 Å². The van der Waals surface area contributed by atoms with E-state index in [2.05, 4.69) is 36.1 Å². The molecule has 3 nitrogen and oxygen atoms in total. The Hall–Kier alpha value is -0.830. The molecule has 0 saturated carbocycles. The fraction of sp³-hybridized carbons (Fsp3) is 0.700. The summed E-state index contributed by atoms with van der Waals surface area (Å²) in [7, 11) is 0. The Labute approximate surface area is 80.0 Å².